The van der Waals surface area contributed by atoms with Crippen molar-refractivity contribution in [3.63, 3.8) is 0 Å². The summed E-state index contributed by atoms with van der Waals surface area (Å²) in [4.78, 5) is 17.0. The number of halogens is 1. The number of para-hydroxylation sites is 1. The molecule has 0 saturated heterocycles. The average molecular weight is 530 g/mol. The third kappa shape index (κ3) is 5.56. The Labute approximate surface area is 202 Å². The average Bonchev–Trinajstić information content (AvgIpc) is 3.38. The molecule has 164 valence electrons. The molecule has 1 N–H and O–H groups in total. The number of nitrogens with zero attached hydrogens (tertiary/aromatic N) is 4. The normalized spacial score (nSPS) is 12.3. The van der Waals surface area contributed by atoms with Crippen LogP contribution < -0.4 is 10.2 Å². The lowest BCUT2D eigenvalue weighted by Crippen LogP contribution is -2.26. The first-order valence-electron chi connectivity index (χ1n) is 9.72. The lowest BCUT2D eigenvalue weighted by atomic mass is 10.1. The number of thioether (sulfide) groups is 1. The monoisotopic (exact) mass is 529 g/mol. The Morgan fingerprint density at radius 3 is 2.97 bits per heavy atom. The molecule has 0 radical (unpaired) electrons. The lowest BCUT2D eigenvalue weighted by molar-refractivity contribution is -0.120. The van der Waals surface area contributed by atoms with Gasteiger partial charge in [-0.3, -0.25) is 9.48 Å². The van der Waals surface area contributed by atoms with Gasteiger partial charge < -0.3 is 4.74 Å². The number of thiazole rings is 1. The van der Waals surface area contributed by atoms with Gasteiger partial charge in [-0.2, -0.15) is 10.2 Å². The fraction of sp³-hybridized carbons (Fsp3) is 0.182. The molecule has 0 aliphatic heterocycles. The van der Waals surface area contributed by atoms with Gasteiger partial charge in [0.15, 0.2) is 4.34 Å². The van der Waals surface area contributed by atoms with Gasteiger partial charge in [0.05, 0.1) is 46.0 Å². The SMILES string of the molecule is COc1ccc(/C=N/NC(=O)C(C)Sc2nc3ccccc3s2)cc1Cn1cc(Br)cn1. The zero-order valence-electron chi connectivity index (χ0n) is 17.4. The summed E-state index contributed by atoms with van der Waals surface area (Å²) in [6.45, 7) is 2.40. The molecule has 0 bridgehead atoms. The number of rotatable bonds is 8. The molecule has 2 aromatic carbocycles. The molecule has 1 atom stereocenters. The number of ether oxygens (including phenoxy) is 1. The number of methoxy groups -OCH3 is 1. The molecular formula is C22H20BrN5O2S2. The minimum atomic E-state index is -0.322. The van der Waals surface area contributed by atoms with Crippen LogP contribution in [0.15, 0.2) is 68.8 Å². The van der Waals surface area contributed by atoms with Crippen molar-refractivity contribution >= 4 is 61.4 Å². The van der Waals surface area contributed by atoms with Gasteiger partial charge in [0.2, 0.25) is 0 Å². The van der Waals surface area contributed by atoms with Gasteiger partial charge in [-0.05, 0) is 58.7 Å². The molecule has 2 aromatic heterocycles. The largest absolute Gasteiger partial charge is 0.496 e. The maximum Gasteiger partial charge on any atom is 0.253 e. The van der Waals surface area contributed by atoms with Gasteiger partial charge >= 0.3 is 0 Å². The van der Waals surface area contributed by atoms with Crippen LogP contribution in [0.5, 0.6) is 5.75 Å². The summed E-state index contributed by atoms with van der Waals surface area (Å²) in [6.07, 6.45) is 5.25. The molecule has 0 spiro atoms. The lowest BCUT2D eigenvalue weighted by Gasteiger charge is -2.10. The Morgan fingerprint density at radius 2 is 2.22 bits per heavy atom. The number of amides is 1. The van der Waals surface area contributed by atoms with E-state index in [4.69, 9.17) is 4.74 Å². The maximum absolute atomic E-state index is 12.5. The molecule has 10 heteroatoms. The maximum atomic E-state index is 12.5. The number of hydrogen-bond acceptors (Lipinski definition) is 7. The summed E-state index contributed by atoms with van der Waals surface area (Å²) in [7, 11) is 1.64. The topological polar surface area (TPSA) is 81.4 Å². The summed E-state index contributed by atoms with van der Waals surface area (Å²) in [5, 5.41) is 8.09. The second kappa shape index (κ2) is 10.3. The Kier molecular flexibility index (Phi) is 7.23. The number of benzene rings is 2. The first-order valence-corrected chi connectivity index (χ1v) is 12.2. The number of fused-ring (bicyclic) bond motifs is 1. The second-order valence-electron chi connectivity index (χ2n) is 6.87. The van der Waals surface area contributed by atoms with Crippen molar-refractivity contribution in [3.05, 3.63) is 70.5 Å². The van der Waals surface area contributed by atoms with Crippen LogP contribution in [-0.4, -0.2) is 39.2 Å². The van der Waals surface area contributed by atoms with E-state index in [1.165, 1.54) is 11.8 Å². The van der Waals surface area contributed by atoms with E-state index in [0.29, 0.717) is 6.54 Å². The number of hydrogen-bond donors (Lipinski definition) is 1. The van der Waals surface area contributed by atoms with E-state index in [0.717, 1.165) is 35.9 Å². The molecule has 2 heterocycles. The molecule has 32 heavy (non-hydrogen) atoms. The van der Waals surface area contributed by atoms with E-state index >= 15 is 0 Å². The highest BCUT2D eigenvalue weighted by Crippen LogP contribution is 2.31. The zero-order valence-corrected chi connectivity index (χ0v) is 20.6. The minimum absolute atomic E-state index is 0.180. The molecule has 4 aromatic rings. The van der Waals surface area contributed by atoms with Crippen molar-refractivity contribution in [3.8, 4) is 5.75 Å². The number of carbonyl (C=O) groups is 1. The van der Waals surface area contributed by atoms with E-state index < -0.39 is 0 Å². The van der Waals surface area contributed by atoms with Crippen LogP contribution in [-0.2, 0) is 11.3 Å². The quantitative estimate of drug-likeness (QED) is 0.198. The highest BCUT2D eigenvalue weighted by atomic mass is 79.9. The van der Waals surface area contributed by atoms with Gasteiger partial charge in [-0.1, -0.05) is 23.9 Å². The van der Waals surface area contributed by atoms with Gasteiger partial charge in [0, 0.05) is 11.8 Å². The van der Waals surface area contributed by atoms with Crippen LogP contribution in [0.2, 0.25) is 0 Å². The predicted octanol–water partition coefficient (Wildman–Crippen LogP) is 4.94. The van der Waals surface area contributed by atoms with Crippen LogP contribution in [0.3, 0.4) is 0 Å². The smallest absolute Gasteiger partial charge is 0.253 e. The third-order valence-electron chi connectivity index (χ3n) is 4.55. The Balaban J connectivity index is 1.38. The molecule has 0 fully saturated rings. The second-order valence-corrected chi connectivity index (χ2v) is 10.4. The van der Waals surface area contributed by atoms with Crippen molar-refractivity contribution in [2.45, 2.75) is 23.1 Å². The van der Waals surface area contributed by atoms with E-state index in [1.807, 2.05) is 60.3 Å². The van der Waals surface area contributed by atoms with Gasteiger partial charge in [-0.25, -0.2) is 10.4 Å². The van der Waals surface area contributed by atoms with E-state index in [-0.39, 0.29) is 11.2 Å². The highest BCUT2D eigenvalue weighted by molar-refractivity contribution is 9.10. The van der Waals surface area contributed by atoms with Crippen LogP contribution in [0.25, 0.3) is 10.2 Å². The van der Waals surface area contributed by atoms with Gasteiger partial charge in [0.25, 0.3) is 5.91 Å². The molecular weight excluding hydrogens is 510 g/mol. The summed E-state index contributed by atoms with van der Waals surface area (Å²) in [5.41, 5.74) is 5.37. The van der Waals surface area contributed by atoms with Crippen LogP contribution >= 0.6 is 39.0 Å². The number of aromatic nitrogens is 3. The summed E-state index contributed by atoms with van der Waals surface area (Å²) in [6, 6.07) is 13.7. The first-order chi connectivity index (χ1) is 15.5. The Bertz CT molecular complexity index is 1240. The van der Waals surface area contributed by atoms with Gasteiger partial charge in [0.1, 0.15) is 5.75 Å². The molecule has 4 rings (SSSR count). The fourth-order valence-electron chi connectivity index (χ4n) is 2.97. The van der Waals surface area contributed by atoms with E-state index in [1.54, 1.807) is 30.9 Å². The van der Waals surface area contributed by atoms with Crippen molar-refractivity contribution in [2.24, 2.45) is 5.10 Å². The molecule has 1 unspecified atom stereocenters. The molecule has 0 aliphatic carbocycles. The standard InChI is InChI=1S/C22H20BrN5O2S2/c1-14(31-22-26-18-5-3-4-6-20(18)32-22)21(29)27-24-10-15-7-8-19(30-2)16(9-15)12-28-13-17(23)11-25-28/h3-11,13-14H,12H2,1-2H3,(H,27,29)/b24-10+. The van der Waals surface area contributed by atoms with Crippen molar-refractivity contribution < 1.29 is 9.53 Å². The molecule has 0 saturated carbocycles. The van der Waals surface area contributed by atoms with Crippen molar-refractivity contribution in [2.75, 3.05) is 7.11 Å². The summed E-state index contributed by atoms with van der Waals surface area (Å²) < 4.78 is 10.2. The molecule has 0 aliphatic rings. The summed E-state index contributed by atoms with van der Waals surface area (Å²) in [5.74, 6) is 0.583. The van der Waals surface area contributed by atoms with Crippen molar-refractivity contribution in [1.29, 1.82) is 0 Å². The molecule has 1 amide bonds. The third-order valence-corrected chi connectivity index (χ3v) is 7.19. The highest BCUT2D eigenvalue weighted by Gasteiger charge is 2.16. The number of carbonyl (C=O) groups excluding carboxylic acids is 1. The Morgan fingerprint density at radius 1 is 1.38 bits per heavy atom. The number of hydrazone groups is 1. The van der Waals surface area contributed by atoms with Crippen LogP contribution in [0, 0.1) is 0 Å². The Hall–Kier alpha value is -2.69. The van der Waals surface area contributed by atoms with Crippen LogP contribution in [0.1, 0.15) is 18.1 Å². The first kappa shape index (κ1) is 22.5. The summed E-state index contributed by atoms with van der Waals surface area (Å²) >= 11 is 6.41. The fourth-order valence-corrected chi connectivity index (χ4v) is 5.50. The van der Waals surface area contributed by atoms with Gasteiger partial charge in [-0.15, -0.1) is 11.3 Å². The van der Waals surface area contributed by atoms with Crippen molar-refractivity contribution in [1.82, 2.24) is 20.2 Å². The van der Waals surface area contributed by atoms with E-state index in [9.17, 15) is 4.79 Å². The zero-order chi connectivity index (χ0) is 22.5. The van der Waals surface area contributed by atoms with E-state index in [2.05, 4.69) is 36.5 Å². The van der Waals surface area contributed by atoms with Crippen LogP contribution in [0.4, 0.5) is 0 Å². The molecule has 7 nitrogen and oxygen atoms in total. The minimum Gasteiger partial charge on any atom is -0.496 e. The predicted molar refractivity (Wildman–Crippen MR) is 133 cm³/mol. The number of nitrogens with one attached hydrogen (secondary N) is 1.